The van der Waals surface area contributed by atoms with Gasteiger partial charge in [-0.1, -0.05) is 67.1 Å². The molecule has 0 aliphatic heterocycles. The zero-order chi connectivity index (χ0) is 20.2. The molecular formula is C26H31NO2. The molecule has 152 valence electrons. The van der Waals surface area contributed by atoms with Crippen LogP contribution in [0.4, 0.5) is 0 Å². The maximum atomic E-state index is 10.9. The van der Waals surface area contributed by atoms with Crippen molar-refractivity contribution in [2.45, 2.75) is 57.5 Å². The van der Waals surface area contributed by atoms with Gasteiger partial charge in [-0.05, 0) is 66.4 Å². The van der Waals surface area contributed by atoms with E-state index in [1.807, 2.05) is 6.08 Å². The van der Waals surface area contributed by atoms with Crippen LogP contribution in [-0.2, 0) is 4.79 Å². The van der Waals surface area contributed by atoms with Crippen molar-refractivity contribution in [2.24, 2.45) is 11.8 Å². The Morgan fingerprint density at radius 3 is 2.79 bits per heavy atom. The molecule has 2 N–H and O–H groups in total. The summed E-state index contributed by atoms with van der Waals surface area (Å²) in [4.78, 5) is 10.9. The summed E-state index contributed by atoms with van der Waals surface area (Å²) in [6, 6.07) is 16.1. The molecule has 0 saturated heterocycles. The zero-order valence-corrected chi connectivity index (χ0v) is 17.2. The number of nitrogens with one attached hydrogen (secondary N) is 1. The highest BCUT2D eigenvalue weighted by Crippen LogP contribution is 2.36. The van der Waals surface area contributed by atoms with Crippen LogP contribution in [-0.4, -0.2) is 17.1 Å². The SMILES string of the molecule is C[C@@H](N[C@H]1CCC[C@H](C2C=CC(CC(=O)O)=CC2)C1)c1cccc2ccccc12. The molecule has 2 aliphatic rings. The van der Waals surface area contributed by atoms with E-state index in [1.165, 1.54) is 42.0 Å². The number of carbonyl (C=O) groups is 1. The van der Waals surface area contributed by atoms with E-state index in [1.54, 1.807) is 0 Å². The van der Waals surface area contributed by atoms with Gasteiger partial charge in [0.05, 0.1) is 6.42 Å². The number of hydrogen-bond donors (Lipinski definition) is 2. The highest BCUT2D eigenvalue weighted by Gasteiger charge is 2.28. The number of rotatable bonds is 6. The van der Waals surface area contributed by atoms with E-state index >= 15 is 0 Å². The fourth-order valence-electron chi connectivity index (χ4n) is 5.18. The van der Waals surface area contributed by atoms with Crippen LogP contribution in [0.1, 0.15) is 57.1 Å². The molecule has 1 fully saturated rings. The molecule has 3 heteroatoms. The molecule has 0 heterocycles. The molecule has 0 bridgehead atoms. The molecule has 2 aromatic carbocycles. The Morgan fingerprint density at radius 2 is 2.00 bits per heavy atom. The van der Waals surface area contributed by atoms with Crippen LogP contribution in [0.25, 0.3) is 10.8 Å². The average molecular weight is 390 g/mol. The van der Waals surface area contributed by atoms with Crippen LogP contribution in [0.15, 0.2) is 66.3 Å². The second kappa shape index (κ2) is 8.96. The molecule has 4 rings (SSSR count). The summed E-state index contributed by atoms with van der Waals surface area (Å²) in [7, 11) is 0. The van der Waals surface area contributed by atoms with Crippen LogP contribution in [0.2, 0.25) is 0 Å². The largest absolute Gasteiger partial charge is 0.481 e. The quantitative estimate of drug-likeness (QED) is 0.634. The van der Waals surface area contributed by atoms with Crippen molar-refractivity contribution in [3.05, 3.63) is 71.8 Å². The fraction of sp³-hybridized carbons (Fsp3) is 0.423. The van der Waals surface area contributed by atoms with Gasteiger partial charge in [0, 0.05) is 12.1 Å². The molecule has 1 unspecified atom stereocenters. The summed E-state index contributed by atoms with van der Waals surface area (Å²) < 4.78 is 0. The summed E-state index contributed by atoms with van der Waals surface area (Å²) in [6.07, 6.45) is 12.5. The highest BCUT2D eigenvalue weighted by atomic mass is 16.4. The highest BCUT2D eigenvalue weighted by molar-refractivity contribution is 5.86. The molecule has 0 spiro atoms. The first-order chi connectivity index (χ1) is 14.1. The third kappa shape index (κ3) is 4.79. The molecule has 1 saturated carbocycles. The summed E-state index contributed by atoms with van der Waals surface area (Å²) in [5.74, 6) is 0.480. The van der Waals surface area contributed by atoms with Gasteiger partial charge in [0.1, 0.15) is 0 Å². The van der Waals surface area contributed by atoms with Crippen LogP contribution in [0.5, 0.6) is 0 Å². The second-order valence-electron chi connectivity index (χ2n) is 8.69. The first-order valence-corrected chi connectivity index (χ1v) is 10.9. The van der Waals surface area contributed by atoms with E-state index in [2.05, 4.69) is 66.9 Å². The predicted octanol–water partition coefficient (Wildman–Crippen LogP) is 6.03. The molecule has 0 aromatic heterocycles. The monoisotopic (exact) mass is 389 g/mol. The topological polar surface area (TPSA) is 49.3 Å². The summed E-state index contributed by atoms with van der Waals surface area (Å²) in [5, 5.41) is 15.5. The molecule has 0 amide bonds. The number of carboxylic acids is 1. The lowest BCUT2D eigenvalue weighted by molar-refractivity contribution is -0.136. The van der Waals surface area contributed by atoms with Crippen molar-refractivity contribution in [3.8, 4) is 0 Å². The lowest BCUT2D eigenvalue weighted by Gasteiger charge is -2.36. The Morgan fingerprint density at radius 1 is 1.17 bits per heavy atom. The van der Waals surface area contributed by atoms with Gasteiger partial charge in [0.15, 0.2) is 0 Å². The lowest BCUT2D eigenvalue weighted by atomic mass is 9.74. The van der Waals surface area contributed by atoms with Crippen molar-refractivity contribution in [3.63, 3.8) is 0 Å². The van der Waals surface area contributed by atoms with E-state index in [9.17, 15) is 4.79 Å². The Bertz CT molecular complexity index is 924. The van der Waals surface area contributed by atoms with E-state index in [0.29, 0.717) is 23.9 Å². The van der Waals surface area contributed by atoms with Gasteiger partial charge in [0.2, 0.25) is 0 Å². The molecular weight excluding hydrogens is 358 g/mol. The van der Waals surface area contributed by atoms with Crippen molar-refractivity contribution in [1.29, 1.82) is 0 Å². The van der Waals surface area contributed by atoms with E-state index < -0.39 is 5.97 Å². The van der Waals surface area contributed by atoms with Gasteiger partial charge < -0.3 is 10.4 Å². The zero-order valence-electron chi connectivity index (χ0n) is 17.2. The Balaban J connectivity index is 1.38. The fourth-order valence-corrected chi connectivity index (χ4v) is 5.18. The molecule has 2 aliphatic carbocycles. The number of allylic oxidation sites excluding steroid dienone is 3. The van der Waals surface area contributed by atoms with Crippen LogP contribution in [0.3, 0.4) is 0 Å². The number of aliphatic carboxylic acids is 1. The van der Waals surface area contributed by atoms with Gasteiger partial charge in [-0.3, -0.25) is 4.79 Å². The van der Waals surface area contributed by atoms with Gasteiger partial charge in [-0.2, -0.15) is 0 Å². The Hall–Kier alpha value is -2.39. The van der Waals surface area contributed by atoms with E-state index in [-0.39, 0.29) is 6.42 Å². The van der Waals surface area contributed by atoms with Crippen molar-refractivity contribution in [1.82, 2.24) is 5.32 Å². The summed E-state index contributed by atoms with van der Waals surface area (Å²) >= 11 is 0. The first kappa shape index (κ1) is 19.9. The van der Waals surface area contributed by atoms with Gasteiger partial charge in [-0.15, -0.1) is 0 Å². The smallest absolute Gasteiger partial charge is 0.307 e. The number of benzene rings is 2. The van der Waals surface area contributed by atoms with Crippen LogP contribution >= 0.6 is 0 Å². The van der Waals surface area contributed by atoms with Crippen molar-refractivity contribution < 1.29 is 9.90 Å². The number of fused-ring (bicyclic) bond motifs is 1. The van der Waals surface area contributed by atoms with Crippen LogP contribution < -0.4 is 5.32 Å². The molecule has 3 nitrogen and oxygen atoms in total. The molecule has 4 atom stereocenters. The normalized spacial score (nSPS) is 25.6. The Labute approximate surface area is 173 Å². The third-order valence-electron chi connectivity index (χ3n) is 6.66. The van der Waals surface area contributed by atoms with Gasteiger partial charge in [-0.25, -0.2) is 0 Å². The summed E-state index contributed by atoms with van der Waals surface area (Å²) in [5.41, 5.74) is 2.33. The molecule has 0 radical (unpaired) electrons. The predicted molar refractivity (Wildman–Crippen MR) is 119 cm³/mol. The minimum absolute atomic E-state index is 0.139. The maximum absolute atomic E-state index is 10.9. The molecule has 29 heavy (non-hydrogen) atoms. The van der Waals surface area contributed by atoms with Crippen molar-refractivity contribution >= 4 is 16.7 Å². The standard InChI is InChI=1S/C26H31NO2/c1-18(24-11-5-7-21-6-2-3-10-25(21)24)27-23-9-4-8-22(17-23)20-14-12-19(13-15-20)16-26(28)29/h2-3,5-7,10-14,18,20,22-23,27H,4,8-9,15-17H2,1H3,(H,28,29)/t18-,20?,22+,23+/m1/s1. The van der Waals surface area contributed by atoms with E-state index in [0.717, 1.165) is 12.0 Å². The van der Waals surface area contributed by atoms with Gasteiger partial charge >= 0.3 is 5.97 Å². The average Bonchev–Trinajstić information content (AvgIpc) is 2.73. The van der Waals surface area contributed by atoms with Crippen LogP contribution in [0, 0.1) is 11.8 Å². The molecule has 2 aromatic rings. The van der Waals surface area contributed by atoms with Gasteiger partial charge in [0.25, 0.3) is 0 Å². The third-order valence-corrected chi connectivity index (χ3v) is 6.66. The maximum Gasteiger partial charge on any atom is 0.307 e. The minimum atomic E-state index is -0.747. The first-order valence-electron chi connectivity index (χ1n) is 10.9. The summed E-state index contributed by atoms with van der Waals surface area (Å²) in [6.45, 7) is 2.28. The van der Waals surface area contributed by atoms with E-state index in [4.69, 9.17) is 5.11 Å². The second-order valence-corrected chi connectivity index (χ2v) is 8.69. The number of hydrogen-bond acceptors (Lipinski definition) is 2. The lowest BCUT2D eigenvalue weighted by Crippen LogP contribution is -2.37. The van der Waals surface area contributed by atoms with Crippen molar-refractivity contribution in [2.75, 3.05) is 0 Å². The Kier molecular flexibility index (Phi) is 6.15. The minimum Gasteiger partial charge on any atom is -0.481 e. The number of carboxylic acid groups (broad SMARTS) is 1.